The van der Waals surface area contributed by atoms with Crippen LogP contribution >= 0.6 is 0 Å². The summed E-state index contributed by atoms with van der Waals surface area (Å²) < 4.78 is 63.5. The third-order valence-electron chi connectivity index (χ3n) is 2.62. The Hall–Kier alpha value is -0.830. The smallest absolute Gasteiger partial charge is 0.469 e. The number of ether oxygens (including phenoxy) is 1. The summed E-state index contributed by atoms with van der Waals surface area (Å²) >= 11 is 0. The number of sulfonamides is 1. The molecule has 0 bridgehead atoms. The number of hydrogen-bond acceptors (Lipinski definition) is 4. The lowest BCUT2D eigenvalue weighted by Gasteiger charge is -2.30. The fourth-order valence-corrected chi connectivity index (χ4v) is 2.63. The second-order valence-corrected chi connectivity index (χ2v) is 5.58. The second-order valence-electron chi connectivity index (χ2n) is 3.65. The third kappa shape index (κ3) is 2.89. The van der Waals surface area contributed by atoms with Crippen LogP contribution in [0.4, 0.5) is 13.2 Å². The van der Waals surface area contributed by atoms with E-state index in [1.165, 1.54) is 7.11 Å². The highest BCUT2D eigenvalue weighted by molar-refractivity contribution is 7.90. The Morgan fingerprint density at radius 3 is 2.12 bits per heavy atom. The lowest BCUT2D eigenvalue weighted by Crippen LogP contribution is -2.46. The number of halogens is 3. The molecule has 0 N–H and O–H groups in total. The van der Waals surface area contributed by atoms with Gasteiger partial charge in [-0.25, -0.2) is 8.42 Å². The predicted octanol–water partition coefficient (Wildman–Crippen LogP) is 0.721. The first-order valence-electron chi connectivity index (χ1n) is 4.84. The zero-order valence-corrected chi connectivity index (χ0v) is 9.84. The Labute approximate surface area is 96.6 Å². The molecule has 1 saturated heterocycles. The molecule has 5 nitrogen and oxygen atoms in total. The number of esters is 1. The lowest BCUT2D eigenvalue weighted by molar-refractivity contribution is -0.146. The number of carbonyl (C=O) groups is 1. The van der Waals surface area contributed by atoms with E-state index in [0.717, 1.165) is 0 Å². The molecule has 0 aliphatic carbocycles. The molecule has 0 aromatic carbocycles. The summed E-state index contributed by atoms with van der Waals surface area (Å²) in [5, 5.41) is 0. The van der Waals surface area contributed by atoms with Crippen molar-refractivity contribution in [2.45, 2.75) is 18.3 Å². The Morgan fingerprint density at radius 2 is 1.76 bits per heavy atom. The van der Waals surface area contributed by atoms with Gasteiger partial charge in [-0.3, -0.25) is 4.79 Å². The van der Waals surface area contributed by atoms with Crippen LogP contribution in [0.2, 0.25) is 0 Å². The fraction of sp³-hybridized carbons (Fsp3) is 0.875. The standard InChI is InChI=1S/C8H12F3NO4S/c1-16-7(13)6-2-4-12(5-3-6)17(14,15)8(9,10)11/h6H,2-5H2,1H3. The maximum atomic E-state index is 12.2. The largest absolute Gasteiger partial charge is 0.511 e. The molecule has 1 aliphatic rings. The first-order chi connectivity index (χ1) is 7.70. The van der Waals surface area contributed by atoms with Gasteiger partial charge >= 0.3 is 21.5 Å². The highest BCUT2D eigenvalue weighted by Crippen LogP contribution is 2.30. The van der Waals surface area contributed by atoms with Gasteiger partial charge < -0.3 is 4.74 Å². The van der Waals surface area contributed by atoms with E-state index in [9.17, 15) is 26.4 Å². The molecule has 9 heteroatoms. The average Bonchev–Trinajstić information content (AvgIpc) is 2.26. The zero-order valence-electron chi connectivity index (χ0n) is 9.03. The topological polar surface area (TPSA) is 63.7 Å². The molecular weight excluding hydrogens is 263 g/mol. The number of alkyl halides is 3. The molecule has 1 fully saturated rings. The van der Waals surface area contributed by atoms with Gasteiger partial charge in [-0.2, -0.15) is 17.5 Å². The van der Waals surface area contributed by atoms with Crippen LogP contribution in [0.3, 0.4) is 0 Å². The number of nitrogens with zero attached hydrogens (tertiary/aromatic N) is 1. The summed E-state index contributed by atoms with van der Waals surface area (Å²) in [4.78, 5) is 11.1. The predicted molar refractivity (Wildman–Crippen MR) is 51.3 cm³/mol. The van der Waals surface area contributed by atoms with Crippen LogP contribution in [-0.4, -0.2) is 44.4 Å². The van der Waals surface area contributed by atoms with Gasteiger partial charge in [0, 0.05) is 13.1 Å². The molecule has 1 aliphatic heterocycles. The Morgan fingerprint density at radius 1 is 1.29 bits per heavy atom. The van der Waals surface area contributed by atoms with E-state index in [1.807, 2.05) is 0 Å². The van der Waals surface area contributed by atoms with E-state index < -0.39 is 27.4 Å². The second kappa shape index (κ2) is 4.81. The van der Waals surface area contributed by atoms with Crippen LogP contribution in [-0.2, 0) is 19.6 Å². The van der Waals surface area contributed by atoms with Crippen molar-refractivity contribution in [1.29, 1.82) is 0 Å². The maximum Gasteiger partial charge on any atom is 0.511 e. The van der Waals surface area contributed by atoms with Gasteiger partial charge in [0.15, 0.2) is 0 Å². The summed E-state index contributed by atoms with van der Waals surface area (Å²) in [7, 11) is -4.09. The van der Waals surface area contributed by atoms with Gasteiger partial charge in [0.05, 0.1) is 13.0 Å². The Kier molecular flexibility index (Phi) is 4.03. The summed E-state index contributed by atoms with van der Waals surface area (Å²) in [6.45, 7) is -0.636. The molecule has 100 valence electrons. The molecule has 0 aromatic heterocycles. The fourth-order valence-electron chi connectivity index (χ4n) is 1.64. The maximum absolute atomic E-state index is 12.2. The van der Waals surface area contributed by atoms with Crippen LogP contribution in [0.15, 0.2) is 0 Å². The van der Waals surface area contributed by atoms with Crippen molar-refractivity contribution >= 4 is 16.0 Å². The number of rotatable bonds is 2. The molecule has 0 saturated carbocycles. The van der Waals surface area contributed by atoms with E-state index in [4.69, 9.17) is 0 Å². The molecule has 0 atom stereocenters. The summed E-state index contributed by atoms with van der Waals surface area (Å²) in [6.07, 6.45) is 0.0873. The summed E-state index contributed by atoms with van der Waals surface area (Å²) in [5.74, 6) is -1.05. The zero-order chi connectivity index (χ0) is 13.3. The van der Waals surface area contributed by atoms with Crippen molar-refractivity contribution in [3.05, 3.63) is 0 Å². The van der Waals surface area contributed by atoms with Gasteiger partial charge in [-0.15, -0.1) is 0 Å². The Bertz CT molecular complexity index is 384. The number of piperidine rings is 1. The average molecular weight is 275 g/mol. The number of methoxy groups -OCH3 is 1. The highest BCUT2D eigenvalue weighted by atomic mass is 32.2. The van der Waals surface area contributed by atoms with Crippen molar-refractivity contribution in [2.24, 2.45) is 5.92 Å². The van der Waals surface area contributed by atoms with Gasteiger partial charge in [-0.1, -0.05) is 0 Å². The normalized spacial score (nSPS) is 20.2. The minimum Gasteiger partial charge on any atom is -0.469 e. The van der Waals surface area contributed by atoms with Crippen molar-refractivity contribution < 1.29 is 31.1 Å². The Balaban J connectivity index is 2.68. The monoisotopic (exact) mass is 275 g/mol. The molecule has 0 aromatic rings. The minimum absolute atomic E-state index is 0.0436. The first-order valence-corrected chi connectivity index (χ1v) is 6.28. The summed E-state index contributed by atoms with van der Waals surface area (Å²) in [5.41, 5.74) is -5.29. The van der Waals surface area contributed by atoms with Crippen molar-refractivity contribution in [2.75, 3.05) is 20.2 Å². The van der Waals surface area contributed by atoms with Crippen LogP contribution in [0.25, 0.3) is 0 Å². The van der Waals surface area contributed by atoms with Gasteiger partial charge in [0.25, 0.3) is 0 Å². The molecule has 0 spiro atoms. The summed E-state index contributed by atoms with van der Waals surface area (Å²) in [6, 6.07) is 0. The van der Waals surface area contributed by atoms with Gasteiger partial charge in [-0.05, 0) is 12.8 Å². The number of carbonyl (C=O) groups excluding carboxylic acids is 1. The van der Waals surface area contributed by atoms with E-state index >= 15 is 0 Å². The van der Waals surface area contributed by atoms with Crippen LogP contribution in [0.5, 0.6) is 0 Å². The van der Waals surface area contributed by atoms with Crippen LogP contribution < -0.4 is 0 Å². The molecule has 17 heavy (non-hydrogen) atoms. The molecule has 0 radical (unpaired) electrons. The SMILES string of the molecule is COC(=O)C1CCN(S(=O)(=O)C(F)(F)F)CC1. The first kappa shape index (κ1) is 14.2. The van der Waals surface area contributed by atoms with Gasteiger partial charge in [0.2, 0.25) is 0 Å². The van der Waals surface area contributed by atoms with E-state index in [2.05, 4.69) is 4.74 Å². The lowest BCUT2D eigenvalue weighted by atomic mass is 9.99. The van der Waals surface area contributed by atoms with E-state index in [0.29, 0.717) is 4.31 Å². The van der Waals surface area contributed by atoms with Crippen molar-refractivity contribution in [3.8, 4) is 0 Å². The van der Waals surface area contributed by atoms with Crippen molar-refractivity contribution in [1.82, 2.24) is 4.31 Å². The van der Waals surface area contributed by atoms with Gasteiger partial charge in [0.1, 0.15) is 0 Å². The molecule has 0 amide bonds. The van der Waals surface area contributed by atoms with Crippen molar-refractivity contribution in [3.63, 3.8) is 0 Å². The molecular formula is C8H12F3NO4S. The minimum atomic E-state index is -5.29. The third-order valence-corrected chi connectivity index (χ3v) is 4.25. The molecule has 1 heterocycles. The quantitative estimate of drug-likeness (QED) is 0.697. The molecule has 0 unspecified atom stereocenters. The highest BCUT2D eigenvalue weighted by Gasteiger charge is 2.50. The van der Waals surface area contributed by atoms with Crippen LogP contribution in [0, 0.1) is 5.92 Å². The molecule has 1 rings (SSSR count). The van der Waals surface area contributed by atoms with E-state index in [-0.39, 0.29) is 25.9 Å². The number of hydrogen-bond donors (Lipinski definition) is 0. The van der Waals surface area contributed by atoms with E-state index in [1.54, 1.807) is 0 Å². The van der Waals surface area contributed by atoms with Crippen LogP contribution in [0.1, 0.15) is 12.8 Å².